The molecule has 2 aromatic rings. The van der Waals surface area contributed by atoms with Gasteiger partial charge in [0.15, 0.2) is 0 Å². The Labute approximate surface area is 126 Å². The first kappa shape index (κ1) is 14.9. The van der Waals surface area contributed by atoms with Crippen LogP contribution in [0.2, 0.25) is 0 Å². The van der Waals surface area contributed by atoms with Crippen LogP contribution < -0.4 is 5.32 Å². The molecule has 0 aliphatic carbocycles. The number of nitro groups is 1. The first-order valence-electron chi connectivity index (χ1n) is 5.62. The van der Waals surface area contributed by atoms with Crippen molar-refractivity contribution in [2.45, 2.75) is 0 Å². The van der Waals surface area contributed by atoms with E-state index in [0.717, 1.165) is 18.2 Å². The Morgan fingerprint density at radius 2 is 2.00 bits per heavy atom. The number of carbonyl (C=O) groups is 1. The zero-order chi connectivity index (χ0) is 15.6. The number of aromatic hydroxyl groups is 1. The van der Waals surface area contributed by atoms with E-state index in [2.05, 4.69) is 21.2 Å². The molecule has 2 N–H and O–H groups in total. The minimum absolute atomic E-state index is 0.0195. The summed E-state index contributed by atoms with van der Waals surface area (Å²) in [5, 5.41) is 22.6. The van der Waals surface area contributed by atoms with Crippen molar-refractivity contribution in [3.63, 3.8) is 0 Å². The molecule has 0 aliphatic rings. The molecule has 6 nitrogen and oxygen atoms in total. The number of rotatable bonds is 3. The van der Waals surface area contributed by atoms with Crippen LogP contribution in [0.4, 0.5) is 15.8 Å². The quantitative estimate of drug-likeness (QED) is 0.501. The molecular weight excluding hydrogens is 347 g/mol. The van der Waals surface area contributed by atoms with Crippen LogP contribution in [0.5, 0.6) is 5.75 Å². The highest BCUT2D eigenvalue weighted by molar-refractivity contribution is 9.10. The van der Waals surface area contributed by atoms with Crippen molar-refractivity contribution in [2.24, 2.45) is 0 Å². The monoisotopic (exact) mass is 354 g/mol. The third kappa shape index (κ3) is 3.34. The van der Waals surface area contributed by atoms with Crippen LogP contribution in [0, 0.1) is 15.9 Å². The fourth-order valence-corrected chi connectivity index (χ4v) is 1.95. The molecule has 0 unspecified atom stereocenters. The summed E-state index contributed by atoms with van der Waals surface area (Å²) in [6, 6.07) is 6.97. The standard InChI is InChI=1S/C13H8BrFN2O4/c14-9-5-7(1-3-10(9)15)13(19)16-11-4-2-8(17(20)21)6-12(11)18/h1-6,18H,(H,16,19). The Morgan fingerprint density at radius 1 is 1.29 bits per heavy atom. The zero-order valence-electron chi connectivity index (χ0n) is 10.3. The van der Waals surface area contributed by atoms with E-state index in [1.165, 1.54) is 18.2 Å². The molecule has 0 radical (unpaired) electrons. The lowest BCUT2D eigenvalue weighted by atomic mass is 10.2. The molecule has 8 heteroatoms. The third-order valence-corrected chi connectivity index (χ3v) is 3.23. The predicted molar refractivity (Wildman–Crippen MR) is 76.8 cm³/mol. The smallest absolute Gasteiger partial charge is 0.273 e. The van der Waals surface area contributed by atoms with Crippen molar-refractivity contribution >= 4 is 33.2 Å². The van der Waals surface area contributed by atoms with Crippen LogP contribution in [0.3, 0.4) is 0 Å². The first-order chi connectivity index (χ1) is 9.88. The number of anilines is 1. The SMILES string of the molecule is O=C(Nc1ccc([N+](=O)[O-])cc1O)c1ccc(F)c(Br)c1. The highest BCUT2D eigenvalue weighted by atomic mass is 79.9. The molecule has 0 atom stereocenters. The van der Waals surface area contributed by atoms with Gasteiger partial charge in [-0.05, 0) is 40.2 Å². The Hall–Kier alpha value is -2.48. The van der Waals surface area contributed by atoms with Gasteiger partial charge in [-0.3, -0.25) is 14.9 Å². The Bertz CT molecular complexity index is 736. The molecule has 0 spiro atoms. The molecule has 0 bridgehead atoms. The molecule has 0 saturated heterocycles. The Kier molecular flexibility index (Phi) is 4.18. The average Bonchev–Trinajstić information content (AvgIpc) is 2.43. The molecule has 2 aromatic carbocycles. The Morgan fingerprint density at radius 3 is 2.57 bits per heavy atom. The van der Waals surface area contributed by atoms with Gasteiger partial charge in [-0.25, -0.2) is 4.39 Å². The van der Waals surface area contributed by atoms with E-state index in [0.29, 0.717) is 0 Å². The average molecular weight is 355 g/mol. The second kappa shape index (κ2) is 5.88. The van der Waals surface area contributed by atoms with Crippen molar-refractivity contribution in [3.05, 3.63) is 62.4 Å². The van der Waals surface area contributed by atoms with Crippen LogP contribution in [-0.2, 0) is 0 Å². The lowest BCUT2D eigenvalue weighted by Crippen LogP contribution is -2.12. The number of hydrogen-bond acceptors (Lipinski definition) is 4. The number of halogens is 2. The normalized spacial score (nSPS) is 10.2. The number of phenols is 1. The van der Waals surface area contributed by atoms with Gasteiger partial charge in [0.25, 0.3) is 11.6 Å². The van der Waals surface area contributed by atoms with E-state index in [4.69, 9.17) is 0 Å². The maximum absolute atomic E-state index is 13.1. The minimum atomic E-state index is -0.664. The number of nitrogens with zero attached hydrogens (tertiary/aromatic N) is 1. The van der Waals surface area contributed by atoms with Gasteiger partial charge in [-0.15, -0.1) is 0 Å². The van der Waals surface area contributed by atoms with Crippen LogP contribution in [0.1, 0.15) is 10.4 Å². The number of nitro benzene ring substituents is 1. The number of non-ortho nitro benzene ring substituents is 1. The first-order valence-corrected chi connectivity index (χ1v) is 6.41. The highest BCUT2D eigenvalue weighted by Crippen LogP contribution is 2.28. The van der Waals surface area contributed by atoms with Crippen molar-refractivity contribution in [3.8, 4) is 5.75 Å². The Balaban J connectivity index is 2.23. The number of benzene rings is 2. The van der Waals surface area contributed by atoms with Crippen LogP contribution in [0.25, 0.3) is 0 Å². The molecular formula is C13H8BrFN2O4. The van der Waals surface area contributed by atoms with Gasteiger partial charge in [0.05, 0.1) is 21.1 Å². The zero-order valence-corrected chi connectivity index (χ0v) is 11.9. The molecule has 108 valence electrons. The summed E-state index contributed by atoms with van der Waals surface area (Å²) in [5.41, 5.74) is -0.109. The van der Waals surface area contributed by atoms with Crippen molar-refractivity contribution in [2.75, 3.05) is 5.32 Å². The molecule has 0 aromatic heterocycles. The topological polar surface area (TPSA) is 92.5 Å². The lowest BCUT2D eigenvalue weighted by Gasteiger charge is -2.07. The molecule has 21 heavy (non-hydrogen) atoms. The minimum Gasteiger partial charge on any atom is -0.506 e. The van der Waals surface area contributed by atoms with Gasteiger partial charge in [-0.1, -0.05) is 0 Å². The maximum atomic E-state index is 13.1. The van der Waals surface area contributed by atoms with Crippen LogP contribution >= 0.6 is 15.9 Å². The van der Waals surface area contributed by atoms with Gasteiger partial charge >= 0.3 is 0 Å². The highest BCUT2D eigenvalue weighted by Gasteiger charge is 2.14. The van der Waals surface area contributed by atoms with E-state index < -0.39 is 22.4 Å². The third-order valence-electron chi connectivity index (χ3n) is 2.62. The molecule has 1 amide bonds. The van der Waals surface area contributed by atoms with E-state index in [9.17, 15) is 24.4 Å². The predicted octanol–water partition coefficient (Wildman–Crippen LogP) is 3.45. The maximum Gasteiger partial charge on any atom is 0.273 e. The van der Waals surface area contributed by atoms with E-state index in [1.807, 2.05) is 0 Å². The number of hydrogen-bond donors (Lipinski definition) is 2. The van der Waals surface area contributed by atoms with Crippen molar-refractivity contribution in [1.29, 1.82) is 0 Å². The number of nitrogens with one attached hydrogen (secondary N) is 1. The summed E-state index contributed by atoms with van der Waals surface area (Å²) in [5.74, 6) is -1.52. The van der Waals surface area contributed by atoms with Gasteiger partial charge in [0.1, 0.15) is 11.6 Å². The summed E-state index contributed by atoms with van der Waals surface area (Å²) in [7, 11) is 0. The van der Waals surface area contributed by atoms with Gasteiger partial charge in [0.2, 0.25) is 0 Å². The van der Waals surface area contributed by atoms with Gasteiger partial charge in [-0.2, -0.15) is 0 Å². The fourth-order valence-electron chi connectivity index (χ4n) is 1.57. The van der Waals surface area contributed by atoms with Crippen molar-refractivity contribution < 1.29 is 19.2 Å². The number of phenolic OH excluding ortho intramolecular Hbond substituents is 1. The molecule has 0 fully saturated rings. The van der Waals surface area contributed by atoms with Crippen LogP contribution in [-0.4, -0.2) is 15.9 Å². The van der Waals surface area contributed by atoms with E-state index >= 15 is 0 Å². The molecule has 0 saturated carbocycles. The number of amides is 1. The van der Waals surface area contributed by atoms with E-state index in [-0.39, 0.29) is 21.4 Å². The molecule has 0 heterocycles. The van der Waals surface area contributed by atoms with Crippen LogP contribution in [0.15, 0.2) is 40.9 Å². The summed E-state index contributed by atoms with van der Waals surface area (Å²) in [6.45, 7) is 0. The molecule has 0 aliphatic heterocycles. The van der Waals surface area contributed by atoms with Gasteiger partial charge in [0, 0.05) is 11.6 Å². The summed E-state index contributed by atoms with van der Waals surface area (Å²) in [4.78, 5) is 21.8. The number of carbonyl (C=O) groups excluding carboxylic acids is 1. The van der Waals surface area contributed by atoms with E-state index in [1.54, 1.807) is 0 Å². The second-order valence-electron chi connectivity index (χ2n) is 4.04. The largest absolute Gasteiger partial charge is 0.506 e. The molecule has 2 rings (SSSR count). The van der Waals surface area contributed by atoms with Gasteiger partial charge < -0.3 is 10.4 Å². The summed E-state index contributed by atoms with van der Waals surface area (Å²) in [6.07, 6.45) is 0. The fraction of sp³-hybridized carbons (Fsp3) is 0. The summed E-state index contributed by atoms with van der Waals surface area (Å²) >= 11 is 2.96. The summed E-state index contributed by atoms with van der Waals surface area (Å²) < 4.78 is 13.2. The van der Waals surface area contributed by atoms with Crippen molar-refractivity contribution in [1.82, 2.24) is 0 Å². The lowest BCUT2D eigenvalue weighted by molar-refractivity contribution is -0.384. The second-order valence-corrected chi connectivity index (χ2v) is 4.90.